The van der Waals surface area contributed by atoms with Gasteiger partial charge in [0.05, 0.1) is 18.3 Å². The van der Waals surface area contributed by atoms with Crippen LogP contribution in [-0.2, 0) is 11.2 Å². The fourth-order valence-corrected chi connectivity index (χ4v) is 2.61. The molecule has 1 aromatic carbocycles. The lowest BCUT2D eigenvalue weighted by atomic mass is 10.1. The van der Waals surface area contributed by atoms with Gasteiger partial charge >= 0.3 is 0 Å². The summed E-state index contributed by atoms with van der Waals surface area (Å²) in [7, 11) is 0. The van der Waals surface area contributed by atoms with Crippen LogP contribution in [0.1, 0.15) is 18.4 Å². The van der Waals surface area contributed by atoms with Crippen molar-refractivity contribution in [2.75, 3.05) is 13.1 Å². The molecule has 1 atom stereocenters. The first-order chi connectivity index (χ1) is 10.3. The van der Waals surface area contributed by atoms with Gasteiger partial charge in [-0.05, 0) is 37.1 Å². The Morgan fingerprint density at radius 2 is 2.24 bits per heavy atom. The van der Waals surface area contributed by atoms with Crippen LogP contribution in [0.2, 0.25) is 0 Å². The zero-order valence-corrected chi connectivity index (χ0v) is 12.0. The number of piperidine rings is 1. The molecule has 0 radical (unpaired) electrons. The monoisotopic (exact) mass is 284 g/mol. The van der Waals surface area contributed by atoms with E-state index in [1.165, 1.54) is 0 Å². The first kappa shape index (κ1) is 13.8. The highest BCUT2D eigenvalue weighted by molar-refractivity contribution is 5.78. The number of amides is 1. The highest BCUT2D eigenvalue weighted by Gasteiger charge is 2.15. The molecule has 1 fully saturated rings. The van der Waals surface area contributed by atoms with E-state index in [4.69, 9.17) is 0 Å². The van der Waals surface area contributed by atoms with Crippen LogP contribution in [0.4, 0.5) is 0 Å². The van der Waals surface area contributed by atoms with Crippen molar-refractivity contribution in [3.63, 3.8) is 0 Å². The molecule has 1 aliphatic rings. The summed E-state index contributed by atoms with van der Waals surface area (Å²) in [5.41, 5.74) is 1.93. The van der Waals surface area contributed by atoms with Gasteiger partial charge in [-0.3, -0.25) is 4.79 Å². The molecule has 1 aliphatic heterocycles. The van der Waals surface area contributed by atoms with Crippen LogP contribution in [0, 0.1) is 0 Å². The van der Waals surface area contributed by atoms with Crippen LogP contribution in [0.15, 0.2) is 42.7 Å². The van der Waals surface area contributed by atoms with Crippen molar-refractivity contribution in [1.82, 2.24) is 20.4 Å². The number of nitrogens with zero attached hydrogens (tertiary/aromatic N) is 2. The van der Waals surface area contributed by atoms with Crippen molar-refractivity contribution in [1.29, 1.82) is 0 Å². The minimum absolute atomic E-state index is 0.0660. The normalized spacial score (nSPS) is 18.4. The molecule has 1 aromatic heterocycles. The fraction of sp³-hybridized carbons (Fsp3) is 0.375. The van der Waals surface area contributed by atoms with Gasteiger partial charge < -0.3 is 10.6 Å². The van der Waals surface area contributed by atoms with Crippen molar-refractivity contribution >= 4 is 5.91 Å². The van der Waals surface area contributed by atoms with Crippen molar-refractivity contribution in [3.05, 3.63) is 48.3 Å². The van der Waals surface area contributed by atoms with Crippen molar-refractivity contribution in [2.24, 2.45) is 0 Å². The Balaban J connectivity index is 1.58. The lowest BCUT2D eigenvalue weighted by Gasteiger charge is -2.23. The van der Waals surface area contributed by atoms with E-state index in [0.29, 0.717) is 6.42 Å². The average molecular weight is 284 g/mol. The first-order valence-corrected chi connectivity index (χ1v) is 7.40. The number of benzene rings is 1. The average Bonchev–Trinajstić information content (AvgIpc) is 2.97. The van der Waals surface area contributed by atoms with E-state index < -0.39 is 0 Å². The number of carbonyl (C=O) groups is 1. The van der Waals surface area contributed by atoms with E-state index >= 15 is 0 Å². The third kappa shape index (κ3) is 3.70. The molecule has 0 aliphatic carbocycles. The summed E-state index contributed by atoms with van der Waals surface area (Å²) < 4.78 is 1.80. The highest BCUT2D eigenvalue weighted by atomic mass is 16.1. The smallest absolute Gasteiger partial charge is 0.224 e. The van der Waals surface area contributed by atoms with Crippen LogP contribution >= 0.6 is 0 Å². The van der Waals surface area contributed by atoms with Crippen LogP contribution in [0.3, 0.4) is 0 Å². The summed E-state index contributed by atoms with van der Waals surface area (Å²) >= 11 is 0. The molecule has 2 heterocycles. The van der Waals surface area contributed by atoms with Gasteiger partial charge in [0.15, 0.2) is 0 Å². The van der Waals surface area contributed by atoms with Crippen LogP contribution in [-0.4, -0.2) is 34.8 Å². The Kier molecular flexibility index (Phi) is 4.31. The van der Waals surface area contributed by atoms with Gasteiger partial charge in [0, 0.05) is 18.8 Å². The molecule has 0 bridgehead atoms. The Labute approximate surface area is 124 Å². The van der Waals surface area contributed by atoms with Gasteiger partial charge in [-0.1, -0.05) is 18.2 Å². The molecule has 21 heavy (non-hydrogen) atoms. The largest absolute Gasteiger partial charge is 0.352 e. The molecule has 0 saturated carbocycles. The van der Waals surface area contributed by atoms with E-state index in [1.54, 1.807) is 10.9 Å². The van der Waals surface area contributed by atoms with E-state index in [2.05, 4.69) is 15.7 Å². The second-order valence-corrected chi connectivity index (χ2v) is 5.42. The predicted molar refractivity (Wildman–Crippen MR) is 81.3 cm³/mol. The van der Waals surface area contributed by atoms with Gasteiger partial charge in [-0.15, -0.1) is 0 Å². The molecule has 5 nitrogen and oxygen atoms in total. The van der Waals surface area contributed by atoms with E-state index in [9.17, 15) is 4.79 Å². The first-order valence-electron chi connectivity index (χ1n) is 7.40. The molecule has 0 unspecified atom stereocenters. The van der Waals surface area contributed by atoms with E-state index in [0.717, 1.165) is 37.2 Å². The molecular formula is C16H20N4O. The number of hydrogen-bond donors (Lipinski definition) is 2. The summed E-state index contributed by atoms with van der Waals surface area (Å²) in [6, 6.07) is 10.2. The third-order valence-corrected chi connectivity index (χ3v) is 3.68. The molecule has 2 N–H and O–H groups in total. The van der Waals surface area contributed by atoms with Crippen LogP contribution < -0.4 is 10.6 Å². The quantitative estimate of drug-likeness (QED) is 0.889. The molecule has 110 valence electrons. The molecule has 5 heteroatoms. The Hall–Kier alpha value is -2.14. The molecule has 1 amide bonds. The van der Waals surface area contributed by atoms with E-state index in [-0.39, 0.29) is 11.9 Å². The Morgan fingerprint density at radius 3 is 3.00 bits per heavy atom. The lowest BCUT2D eigenvalue weighted by molar-refractivity contribution is -0.121. The minimum atomic E-state index is 0.0660. The van der Waals surface area contributed by atoms with Crippen molar-refractivity contribution < 1.29 is 4.79 Å². The van der Waals surface area contributed by atoms with Gasteiger partial charge in [0.2, 0.25) is 5.91 Å². The summed E-state index contributed by atoms with van der Waals surface area (Å²) in [5.74, 6) is 0.0660. The number of aromatic nitrogens is 2. The van der Waals surface area contributed by atoms with Gasteiger partial charge in [0.25, 0.3) is 0 Å². The fourth-order valence-electron chi connectivity index (χ4n) is 2.61. The number of nitrogens with one attached hydrogen (secondary N) is 2. The zero-order chi connectivity index (χ0) is 14.5. The summed E-state index contributed by atoms with van der Waals surface area (Å²) in [6.07, 6.45) is 6.22. The molecular weight excluding hydrogens is 264 g/mol. The minimum Gasteiger partial charge on any atom is -0.352 e. The summed E-state index contributed by atoms with van der Waals surface area (Å²) in [6.45, 7) is 1.92. The maximum atomic E-state index is 12.1. The number of para-hydroxylation sites is 1. The van der Waals surface area contributed by atoms with Gasteiger partial charge in [-0.25, -0.2) is 4.68 Å². The SMILES string of the molecule is O=C(Cc1cnn(-c2ccccc2)c1)N[C@H]1CCCNC1. The van der Waals surface area contributed by atoms with Gasteiger partial charge in [0.1, 0.15) is 0 Å². The zero-order valence-electron chi connectivity index (χ0n) is 12.0. The number of rotatable bonds is 4. The van der Waals surface area contributed by atoms with Crippen LogP contribution in [0.25, 0.3) is 5.69 Å². The maximum Gasteiger partial charge on any atom is 0.224 e. The van der Waals surface area contributed by atoms with Crippen molar-refractivity contribution in [3.8, 4) is 5.69 Å². The van der Waals surface area contributed by atoms with Crippen molar-refractivity contribution in [2.45, 2.75) is 25.3 Å². The predicted octanol–water partition coefficient (Wildman–Crippen LogP) is 1.28. The van der Waals surface area contributed by atoms with E-state index in [1.807, 2.05) is 36.5 Å². The molecule has 1 saturated heterocycles. The lowest BCUT2D eigenvalue weighted by Crippen LogP contribution is -2.46. The van der Waals surface area contributed by atoms with Gasteiger partial charge in [-0.2, -0.15) is 5.10 Å². The highest BCUT2D eigenvalue weighted by Crippen LogP contribution is 2.08. The maximum absolute atomic E-state index is 12.1. The Bertz CT molecular complexity index is 587. The topological polar surface area (TPSA) is 59.0 Å². The standard InChI is InChI=1S/C16H20N4O/c21-16(19-14-5-4-8-17-11-14)9-13-10-18-20(12-13)15-6-2-1-3-7-15/h1-3,6-7,10,12,14,17H,4-5,8-9,11H2,(H,19,21)/t14-/m0/s1. The molecule has 0 spiro atoms. The molecule has 3 rings (SSSR count). The summed E-state index contributed by atoms with van der Waals surface area (Å²) in [4.78, 5) is 12.1. The Morgan fingerprint density at radius 1 is 1.38 bits per heavy atom. The number of hydrogen-bond acceptors (Lipinski definition) is 3. The number of carbonyl (C=O) groups excluding carboxylic acids is 1. The summed E-state index contributed by atoms with van der Waals surface area (Å²) in [5, 5.41) is 10.7. The molecule has 2 aromatic rings. The second-order valence-electron chi connectivity index (χ2n) is 5.42. The third-order valence-electron chi connectivity index (χ3n) is 3.68. The second kappa shape index (κ2) is 6.54. The van der Waals surface area contributed by atoms with Crippen LogP contribution in [0.5, 0.6) is 0 Å².